The second kappa shape index (κ2) is 8.83. The first-order valence-corrected chi connectivity index (χ1v) is 11.2. The van der Waals surface area contributed by atoms with Gasteiger partial charge in [0.15, 0.2) is 0 Å². The van der Waals surface area contributed by atoms with Crippen molar-refractivity contribution < 1.29 is 19.1 Å². The minimum Gasteiger partial charge on any atom is -0.421 e. The second-order valence-electron chi connectivity index (χ2n) is 8.59. The van der Waals surface area contributed by atoms with Gasteiger partial charge in [0.1, 0.15) is 5.75 Å². The lowest BCUT2D eigenvalue weighted by Gasteiger charge is -2.25. The van der Waals surface area contributed by atoms with Crippen molar-refractivity contribution in [1.82, 2.24) is 0 Å². The molecule has 4 rings (SSSR count). The molecular formula is C27H24ClNO4. The fourth-order valence-corrected chi connectivity index (χ4v) is 4.29. The third-order valence-corrected chi connectivity index (χ3v) is 6.05. The van der Waals surface area contributed by atoms with Gasteiger partial charge in [-0.25, -0.2) is 9.69 Å². The Bertz CT molecular complexity index is 1250. The van der Waals surface area contributed by atoms with Crippen molar-refractivity contribution in [1.29, 1.82) is 0 Å². The van der Waals surface area contributed by atoms with E-state index in [1.54, 1.807) is 36.4 Å². The van der Waals surface area contributed by atoms with Gasteiger partial charge in [0.2, 0.25) is 0 Å². The lowest BCUT2D eigenvalue weighted by molar-refractivity contribution is 0.0729. The molecule has 3 aromatic rings. The van der Waals surface area contributed by atoms with E-state index in [1.807, 2.05) is 45.9 Å². The van der Waals surface area contributed by atoms with Crippen molar-refractivity contribution in [3.8, 4) is 5.75 Å². The van der Waals surface area contributed by atoms with Gasteiger partial charge in [0, 0.05) is 0 Å². The molecule has 6 heteroatoms. The van der Waals surface area contributed by atoms with E-state index in [0.29, 0.717) is 5.69 Å². The molecule has 0 fully saturated rings. The van der Waals surface area contributed by atoms with E-state index in [9.17, 15) is 14.4 Å². The van der Waals surface area contributed by atoms with Gasteiger partial charge in [-0.3, -0.25) is 9.59 Å². The van der Waals surface area contributed by atoms with Gasteiger partial charge in [-0.2, -0.15) is 0 Å². The molecule has 0 spiro atoms. The minimum atomic E-state index is -0.746. The molecule has 33 heavy (non-hydrogen) atoms. The molecule has 1 aliphatic rings. The van der Waals surface area contributed by atoms with E-state index < -0.39 is 17.8 Å². The molecule has 5 nitrogen and oxygen atoms in total. The van der Waals surface area contributed by atoms with Crippen molar-refractivity contribution in [2.45, 2.75) is 39.5 Å². The number of benzene rings is 3. The average Bonchev–Trinajstić information content (AvgIpc) is 3.04. The summed E-state index contributed by atoms with van der Waals surface area (Å²) in [5.41, 5.74) is 2.65. The minimum absolute atomic E-state index is 0.0291. The zero-order chi connectivity index (χ0) is 23.9. The summed E-state index contributed by atoms with van der Waals surface area (Å²) >= 11 is 6.12. The van der Waals surface area contributed by atoms with Crippen LogP contribution in [0.2, 0.25) is 5.02 Å². The number of hydrogen-bond acceptors (Lipinski definition) is 4. The number of imide groups is 1. The van der Waals surface area contributed by atoms with Crippen LogP contribution in [0.1, 0.15) is 81.7 Å². The number of rotatable bonds is 5. The summed E-state index contributed by atoms with van der Waals surface area (Å²) in [5.74, 6) is -1.36. The highest BCUT2D eigenvalue weighted by molar-refractivity contribution is 6.37. The number of ether oxygens (including phenoxy) is 1. The number of anilines is 1. The molecule has 0 saturated carbocycles. The van der Waals surface area contributed by atoms with Crippen LogP contribution in [-0.2, 0) is 0 Å². The highest BCUT2D eigenvalue weighted by atomic mass is 35.5. The van der Waals surface area contributed by atoms with E-state index >= 15 is 0 Å². The van der Waals surface area contributed by atoms with E-state index in [1.165, 1.54) is 11.0 Å². The third-order valence-electron chi connectivity index (χ3n) is 5.74. The molecule has 0 aromatic heterocycles. The normalized spacial score (nSPS) is 13.1. The van der Waals surface area contributed by atoms with Crippen molar-refractivity contribution >= 4 is 35.1 Å². The zero-order valence-electron chi connectivity index (χ0n) is 18.9. The van der Waals surface area contributed by atoms with Crippen LogP contribution in [0.15, 0.2) is 60.7 Å². The number of halogens is 1. The summed E-state index contributed by atoms with van der Waals surface area (Å²) < 4.78 is 5.45. The Hall–Kier alpha value is -3.44. The molecule has 168 valence electrons. The molecule has 0 aliphatic carbocycles. The predicted molar refractivity (Wildman–Crippen MR) is 129 cm³/mol. The van der Waals surface area contributed by atoms with Gasteiger partial charge in [0.25, 0.3) is 11.8 Å². The van der Waals surface area contributed by atoms with Crippen LogP contribution < -0.4 is 9.64 Å². The summed E-state index contributed by atoms with van der Waals surface area (Å²) in [6.45, 7) is 8.09. The predicted octanol–water partition coefficient (Wildman–Crippen LogP) is 6.61. The van der Waals surface area contributed by atoms with Crippen molar-refractivity contribution in [3.05, 3.63) is 93.5 Å². The van der Waals surface area contributed by atoms with E-state index in [2.05, 4.69) is 0 Å². The van der Waals surface area contributed by atoms with Gasteiger partial charge in [0.05, 0.1) is 27.4 Å². The molecule has 0 unspecified atom stereocenters. The molecule has 0 atom stereocenters. The Kier molecular flexibility index (Phi) is 6.09. The fraction of sp³-hybridized carbons (Fsp3) is 0.222. The Morgan fingerprint density at radius 3 is 2.03 bits per heavy atom. The molecular weight excluding hydrogens is 438 g/mol. The first-order valence-electron chi connectivity index (χ1n) is 10.8. The summed E-state index contributed by atoms with van der Waals surface area (Å²) in [6, 6.07) is 17.0. The number of hydrogen-bond donors (Lipinski definition) is 0. The standard InChI is InChI=1S/C27H24ClNO4/c1-15(2)17-9-7-10-18(16(3)4)24(17)29-25(30)19-11-8-12-20(23(19)26(29)31)27(32)33-22-14-6-5-13-21(22)28/h5-16H,1-4H3. The maximum Gasteiger partial charge on any atom is 0.344 e. The number of nitrogens with zero attached hydrogens (tertiary/aromatic N) is 1. The summed E-state index contributed by atoms with van der Waals surface area (Å²) in [5, 5.41) is 0.273. The van der Waals surface area contributed by atoms with Gasteiger partial charge in [-0.15, -0.1) is 0 Å². The highest BCUT2D eigenvalue weighted by Gasteiger charge is 2.42. The number of para-hydroxylation sites is 2. The van der Waals surface area contributed by atoms with Crippen LogP contribution in [-0.4, -0.2) is 17.8 Å². The first kappa shape index (κ1) is 22.7. The number of carbonyl (C=O) groups is 3. The number of carbonyl (C=O) groups excluding carboxylic acids is 3. The van der Waals surface area contributed by atoms with Crippen LogP contribution in [0.3, 0.4) is 0 Å². The smallest absolute Gasteiger partial charge is 0.344 e. The quantitative estimate of drug-likeness (QED) is 0.244. The topological polar surface area (TPSA) is 63.7 Å². The van der Waals surface area contributed by atoms with E-state index in [4.69, 9.17) is 16.3 Å². The van der Waals surface area contributed by atoms with Crippen molar-refractivity contribution in [2.24, 2.45) is 0 Å². The monoisotopic (exact) mass is 461 g/mol. The van der Waals surface area contributed by atoms with E-state index in [0.717, 1.165) is 11.1 Å². The number of fused-ring (bicyclic) bond motifs is 1. The second-order valence-corrected chi connectivity index (χ2v) is 9.00. The van der Waals surface area contributed by atoms with Crippen LogP contribution in [0.4, 0.5) is 5.69 Å². The van der Waals surface area contributed by atoms with Crippen molar-refractivity contribution in [2.75, 3.05) is 4.90 Å². The highest BCUT2D eigenvalue weighted by Crippen LogP contribution is 2.40. The third kappa shape index (κ3) is 3.93. The van der Waals surface area contributed by atoms with Crippen LogP contribution in [0, 0.1) is 0 Å². The average molecular weight is 462 g/mol. The SMILES string of the molecule is CC(C)c1cccc(C(C)C)c1N1C(=O)c2cccc(C(=O)Oc3ccccc3Cl)c2C1=O. The molecule has 0 radical (unpaired) electrons. The molecule has 0 saturated heterocycles. The lowest BCUT2D eigenvalue weighted by Crippen LogP contribution is -2.32. The largest absolute Gasteiger partial charge is 0.421 e. The Morgan fingerprint density at radius 2 is 1.42 bits per heavy atom. The Labute approximate surface area is 197 Å². The van der Waals surface area contributed by atoms with Gasteiger partial charge >= 0.3 is 5.97 Å². The fourth-order valence-electron chi connectivity index (χ4n) is 4.11. The zero-order valence-corrected chi connectivity index (χ0v) is 19.6. The maximum atomic E-state index is 13.7. The number of amides is 2. The first-order chi connectivity index (χ1) is 15.7. The van der Waals surface area contributed by atoms with Gasteiger partial charge < -0.3 is 4.74 Å². The van der Waals surface area contributed by atoms with Crippen LogP contribution in [0.25, 0.3) is 0 Å². The molecule has 0 bridgehead atoms. The van der Waals surface area contributed by atoms with Crippen LogP contribution >= 0.6 is 11.6 Å². The van der Waals surface area contributed by atoms with Crippen LogP contribution in [0.5, 0.6) is 5.75 Å². The summed E-state index contributed by atoms with van der Waals surface area (Å²) in [6.07, 6.45) is 0. The molecule has 3 aromatic carbocycles. The molecule has 2 amide bonds. The number of esters is 1. The van der Waals surface area contributed by atoms with E-state index in [-0.39, 0.29) is 39.3 Å². The van der Waals surface area contributed by atoms with Crippen molar-refractivity contribution in [3.63, 3.8) is 0 Å². The van der Waals surface area contributed by atoms with Gasteiger partial charge in [-0.05, 0) is 47.2 Å². The molecule has 1 aliphatic heterocycles. The molecule has 0 N–H and O–H groups in total. The summed E-state index contributed by atoms with van der Waals surface area (Å²) in [7, 11) is 0. The summed E-state index contributed by atoms with van der Waals surface area (Å²) in [4.78, 5) is 41.4. The Morgan fingerprint density at radius 1 is 0.818 bits per heavy atom. The van der Waals surface area contributed by atoms with Gasteiger partial charge in [-0.1, -0.05) is 75.7 Å². The lowest BCUT2D eigenvalue weighted by atomic mass is 9.92. The molecule has 1 heterocycles. The maximum absolute atomic E-state index is 13.7. The Balaban J connectivity index is 1.82.